The van der Waals surface area contributed by atoms with Crippen LogP contribution in [0.25, 0.3) is 11.0 Å². The first-order valence-corrected chi connectivity index (χ1v) is 8.52. The van der Waals surface area contributed by atoms with E-state index in [0.29, 0.717) is 12.0 Å². The number of ether oxygens (including phenoxy) is 2. The number of carbonyl (C=O) groups excluding carboxylic acids is 1. The van der Waals surface area contributed by atoms with E-state index in [1.54, 1.807) is 13.0 Å². The molecule has 1 unspecified atom stereocenters. The summed E-state index contributed by atoms with van der Waals surface area (Å²) in [5.74, 6) is 0.517. The van der Waals surface area contributed by atoms with Crippen LogP contribution >= 0.6 is 0 Å². The van der Waals surface area contributed by atoms with Gasteiger partial charge in [-0.1, -0.05) is 18.2 Å². The summed E-state index contributed by atoms with van der Waals surface area (Å²) in [5, 5.41) is 2.85. The summed E-state index contributed by atoms with van der Waals surface area (Å²) >= 11 is 0. The Kier molecular flexibility index (Phi) is 4.18. The Balaban J connectivity index is 1.35. The van der Waals surface area contributed by atoms with E-state index < -0.39 is 6.29 Å². The summed E-state index contributed by atoms with van der Waals surface area (Å²) in [5.41, 5.74) is 2.43. The summed E-state index contributed by atoms with van der Waals surface area (Å²) in [6.07, 6.45) is -2.92. The molecule has 8 heteroatoms. The van der Waals surface area contributed by atoms with Gasteiger partial charge in [0.2, 0.25) is 5.91 Å². The number of nitrogens with one attached hydrogen (secondary N) is 2. The first-order chi connectivity index (χ1) is 12.9. The number of H-pyrrole nitrogens is 1. The summed E-state index contributed by atoms with van der Waals surface area (Å²) < 4.78 is 35.0. The average molecular weight is 373 g/mol. The monoisotopic (exact) mass is 373 g/mol. The quantitative estimate of drug-likeness (QED) is 0.715. The lowest BCUT2D eigenvalue weighted by Crippen LogP contribution is -2.27. The fraction of sp³-hybridized carbons (Fsp3) is 0.263. The molecule has 1 aromatic heterocycles. The number of fused-ring (bicyclic) bond motifs is 2. The Labute approximate surface area is 153 Å². The van der Waals surface area contributed by atoms with Crippen molar-refractivity contribution in [2.24, 2.45) is 0 Å². The normalized spacial score (nSPS) is 15.7. The number of aromatic nitrogens is 2. The molecule has 0 bridgehead atoms. The van der Waals surface area contributed by atoms with Crippen molar-refractivity contribution in [2.75, 3.05) is 0 Å². The fourth-order valence-electron chi connectivity index (χ4n) is 2.99. The fourth-order valence-corrected chi connectivity index (χ4v) is 2.99. The zero-order valence-corrected chi connectivity index (χ0v) is 14.5. The van der Waals surface area contributed by atoms with E-state index in [2.05, 4.69) is 24.8 Å². The van der Waals surface area contributed by atoms with Crippen LogP contribution in [0.15, 0.2) is 42.5 Å². The van der Waals surface area contributed by atoms with Gasteiger partial charge >= 0.3 is 6.29 Å². The summed E-state index contributed by atoms with van der Waals surface area (Å²) in [6.45, 7) is 1.77. The molecule has 2 aromatic carbocycles. The number of imidazole rings is 1. The molecule has 6 nitrogen and oxygen atoms in total. The zero-order chi connectivity index (χ0) is 19.0. The molecule has 0 saturated carbocycles. The topological polar surface area (TPSA) is 76.2 Å². The van der Waals surface area contributed by atoms with Crippen LogP contribution in [0.4, 0.5) is 8.78 Å². The molecule has 0 spiro atoms. The van der Waals surface area contributed by atoms with Gasteiger partial charge in [0.1, 0.15) is 5.82 Å². The molecule has 1 amide bonds. The molecule has 2 heterocycles. The standard InChI is InChI=1S/C19H17F2N3O3/c1-11(12-6-7-15-16(10-12)27-19(20,21)26-15)22-18(25)9-8-17-23-13-4-2-3-5-14(13)24-17/h2-7,10-11H,8-9H2,1H3,(H,22,25)(H,23,24). The van der Waals surface area contributed by atoms with Crippen molar-refractivity contribution in [1.29, 1.82) is 0 Å². The minimum atomic E-state index is -3.65. The van der Waals surface area contributed by atoms with Crippen LogP contribution in [0.1, 0.15) is 30.8 Å². The summed E-state index contributed by atoms with van der Waals surface area (Å²) in [4.78, 5) is 19.8. The Morgan fingerprint density at radius 3 is 2.81 bits per heavy atom. The van der Waals surface area contributed by atoms with Crippen molar-refractivity contribution >= 4 is 16.9 Å². The van der Waals surface area contributed by atoms with Gasteiger partial charge in [-0.25, -0.2) is 4.98 Å². The van der Waals surface area contributed by atoms with Crippen LogP contribution in [-0.4, -0.2) is 22.2 Å². The number of halogens is 2. The third-order valence-electron chi connectivity index (χ3n) is 4.33. The van der Waals surface area contributed by atoms with Gasteiger partial charge in [-0.3, -0.25) is 4.79 Å². The number of hydrogen-bond acceptors (Lipinski definition) is 4. The smallest absolute Gasteiger partial charge is 0.395 e. The summed E-state index contributed by atoms with van der Waals surface area (Å²) in [7, 11) is 0. The van der Waals surface area contributed by atoms with E-state index in [1.165, 1.54) is 12.1 Å². The zero-order valence-electron chi connectivity index (χ0n) is 14.5. The molecule has 2 N–H and O–H groups in total. The van der Waals surface area contributed by atoms with E-state index in [1.807, 2.05) is 24.3 Å². The highest BCUT2D eigenvalue weighted by atomic mass is 19.3. The Morgan fingerprint density at radius 2 is 2.00 bits per heavy atom. The van der Waals surface area contributed by atoms with Gasteiger partial charge in [0, 0.05) is 12.8 Å². The third-order valence-corrected chi connectivity index (χ3v) is 4.33. The van der Waals surface area contributed by atoms with Gasteiger partial charge in [-0.15, -0.1) is 8.78 Å². The van der Waals surface area contributed by atoms with Crippen molar-refractivity contribution in [1.82, 2.24) is 15.3 Å². The molecular weight excluding hydrogens is 356 g/mol. The molecule has 140 valence electrons. The molecule has 0 radical (unpaired) electrons. The minimum Gasteiger partial charge on any atom is -0.395 e. The van der Waals surface area contributed by atoms with E-state index >= 15 is 0 Å². The third kappa shape index (κ3) is 3.69. The van der Waals surface area contributed by atoms with Crippen molar-refractivity contribution in [3.05, 3.63) is 53.9 Å². The molecule has 0 saturated heterocycles. The lowest BCUT2D eigenvalue weighted by atomic mass is 10.1. The summed E-state index contributed by atoms with van der Waals surface area (Å²) in [6, 6.07) is 11.8. The second-order valence-corrected chi connectivity index (χ2v) is 6.36. The SMILES string of the molecule is CC(NC(=O)CCc1nc2ccccc2[nH]1)c1ccc2c(c1)OC(F)(F)O2. The molecule has 3 aromatic rings. The average Bonchev–Trinajstić information content (AvgIpc) is 3.17. The first kappa shape index (κ1) is 17.3. The molecule has 0 fully saturated rings. The van der Waals surface area contributed by atoms with Crippen LogP contribution in [0.2, 0.25) is 0 Å². The van der Waals surface area contributed by atoms with Crippen molar-refractivity contribution < 1.29 is 23.0 Å². The number of carbonyl (C=O) groups is 1. The number of rotatable bonds is 5. The highest BCUT2D eigenvalue weighted by molar-refractivity contribution is 5.77. The van der Waals surface area contributed by atoms with Gasteiger partial charge in [-0.2, -0.15) is 0 Å². The Bertz CT molecular complexity index is 970. The van der Waals surface area contributed by atoms with E-state index in [0.717, 1.165) is 16.9 Å². The lowest BCUT2D eigenvalue weighted by Gasteiger charge is -2.14. The molecule has 27 heavy (non-hydrogen) atoms. The Hall–Kier alpha value is -3.16. The number of alkyl halides is 2. The molecule has 1 atom stereocenters. The lowest BCUT2D eigenvalue weighted by molar-refractivity contribution is -0.286. The van der Waals surface area contributed by atoms with Gasteiger partial charge < -0.3 is 19.8 Å². The Morgan fingerprint density at radius 1 is 1.22 bits per heavy atom. The largest absolute Gasteiger partial charge is 0.586 e. The second kappa shape index (κ2) is 6.53. The van der Waals surface area contributed by atoms with Crippen molar-refractivity contribution in [3.8, 4) is 11.5 Å². The predicted octanol–water partition coefficient (Wildman–Crippen LogP) is 3.69. The highest BCUT2D eigenvalue weighted by Crippen LogP contribution is 2.41. The highest BCUT2D eigenvalue weighted by Gasteiger charge is 2.43. The van der Waals surface area contributed by atoms with Gasteiger partial charge in [0.05, 0.1) is 17.1 Å². The predicted molar refractivity (Wildman–Crippen MR) is 93.6 cm³/mol. The van der Waals surface area contributed by atoms with Crippen LogP contribution in [0, 0.1) is 0 Å². The number of amides is 1. The molecule has 4 rings (SSSR count). The second-order valence-electron chi connectivity index (χ2n) is 6.36. The number of benzene rings is 2. The van der Waals surface area contributed by atoms with E-state index in [9.17, 15) is 13.6 Å². The van der Waals surface area contributed by atoms with Gasteiger partial charge in [0.15, 0.2) is 11.5 Å². The molecule has 0 aliphatic carbocycles. The maximum Gasteiger partial charge on any atom is 0.586 e. The van der Waals surface area contributed by atoms with E-state index in [-0.39, 0.29) is 29.9 Å². The maximum absolute atomic E-state index is 13.1. The molecule has 1 aliphatic rings. The number of aryl methyl sites for hydroxylation is 1. The van der Waals surface area contributed by atoms with Crippen LogP contribution in [0.3, 0.4) is 0 Å². The number of aromatic amines is 1. The van der Waals surface area contributed by atoms with Gasteiger partial charge in [-0.05, 0) is 36.8 Å². The number of nitrogens with zero attached hydrogens (tertiary/aromatic N) is 1. The van der Waals surface area contributed by atoms with Crippen LogP contribution < -0.4 is 14.8 Å². The van der Waals surface area contributed by atoms with Crippen molar-refractivity contribution in [2.45, 2.75) is 32.1 Å². The van der Waals surface area contributed by atoms with Crippen LogP contribution in [-0.2, 0) is 11.2 Å². The maximum atomic E-state index is 13.1. The van der Waals surface area contributed by atoms with E-state index in [4.69, 9.17) is 0 Å². The molecular formula is C19H17F2N3O3. The van der Waals surface area contributed by atoms with Crippen molar-refractivity contribution in [3.63, 3.8) is 0 Å². The molecule has 1 aliphatic heterocycles. The minimum absolute atomic E-state index is 0.0211. The number of para-hydroxylation sites is 2. The van der Waals surface area contributed by atoms with Gasteiger partial charge in [0.25, 0.3) is 0 Å². The van der Waals surface area contributed by atoms with Crippen LogP contribution in [0.5, 0.6) is 11.5 Å². The first-order valence-electron chi connectivity index (χ1n) is 8.52. The number of hydrogen-bond donors (Lipinski definition) is 2.